The van der Waals surface area contributed by atoms with Crippen LogP contribution in [0.15, 0.2) is 108 Å². The molecule has 3 heterocycles. The lowest BCUT2D eigenvalue weighted by molar-refractivity contribution is 0.306. The Hall–Kier alpha value is -5.11. The lowest BCUT2D eigenvalue weighted by Gasteiger charge is -2.07. The summed E-state index contributed by atoms with van der Waals surface area (Å²) in [5.41, 5.74) is 3.13. The Morgan fingerprint density at radius 3 is 2.58 bits per heavy atom. The molecule has 6 aromatic rings. The van der Waals surface area contributed by atoms with Crippen molar-refractivity contribution in [1.82, 2.24) is 24.6 Å². The van der Waals surface area contributed by atoms with Crippen molar-refractivity contribution in [1.29, 1.82) is 0 Å². The molecule has 0 atom stereocenters. The maximum atomic E-state index is 12.4. The van der Waals surface area contributed by atoms with E-state index in [2.05, 4.69) is 10.3 Å². The number of benzene rings is 3. The molecule has 0 radical (unpaired) electrons. The van der Waals surface area contributed by atoms with Crippen molar-refractivity contribution in [2.75, 3.05) is 5.32 Å². The minimum atomic E-state index is -0.397. The van der Waals surface area contributed by atoms with Crippen LogP contribution in [-0.2, 0) is 6.61 Å². The van der Waals surface area contributed by atoms with Crippen molar-refractivity contribution < 1.29 is 4.74 Å². The molecule has 8 heteroatoms. The summed E-state index contributed by atoms with van der Waals surface area (Å²) in [7, 11) is 0. The van der Waals surface area contributed by atoms with E-state index in [9.17, 15) is 4.79 Å². The number of hydrogen-bond acceptors (Lipinski definition) is 7. The lowest BCUT2D eigenvalue weighted by atomic mass is 10.2. The van der Waals surface area contributed by atoms with Gasteiger partial charge >= 0.3 is 0 Å². The Balaban J connectivity index is 1.42. The van der Waals surface area contributed by atoms with Gasteiger partial charge in [-0.05, 0) is 42.0 Å². The maximum Gasteiger partial charge on any atom is 0.293 e. The zero-order valence-corrected chi connectivity index (χ0v) is 19.1. The molecule has 0 saturated heterocycles. The topological polar surface area (TPSA) is 94.3 Å². The van der Waals surface area contributed by atoms with Crippen LogP contribution < -0.4 is 15.6 Å². The van der Waals surface area contributed by atoms with Gasteiger partial charge in [0, 0.05) is 17.1 Å². The molecule has 0 aliphatic heterocycles. The van der Waals surface area contributed by atoms with Crippen molar-refractivity contribution >= 4 is 28.2 Å². The largest absolute Gasteiger partial charge is 0.489 e. The highest BCUT2D eigenvalue weighted by Gasteiger charge is 2.16. The molecule has 3 aromatic carbocycles. The molecule has 0 unspecified atom stereocenters. The number of rotatable bonds is 6. The number of fused-ring (bicyclic) bond motifs is 3. The molecule has 8 nitrogen and oxygen atoms in total. The average Bonchev–Trinajstić information content (AvgIpc) is 3.28. The van der Waals surface area contributed by atoms with Gasteiger partial charge in [-0.1, -0.05) is 60.7 Å². The minimum Gasteiger partial charge on any atom is -0.489 e. The molecule has 6 rings (SSSR count). The highest BCUT2D eigenvalue weighted by molar-refractivity contribution is 5.93. The third kappa shape index (κ3) is 4.23. The van der Waals surface area contributed by atoms with Crippen molar-refractivity contribution in [2.24, 2.45) is 0 Å². The Kier molecular flexibility index (Phi) is 5.51. The van der Waals surface area contributed by atoms with Gasteiger partial charge < -0.3 is 10.1 Å². The SMILES string of the molecule is O=c1nccccc1Nc1nc2ccccc2c2nc(-c3cccc(OCc4ccccc4)c3)nn12. The van der Waals surface area contributed by atoms with E-state index in [0.717, 1.165) is 27.8 Å². The van der Waals surface area contributed by atoms with E-state index < -0.39 is 5.56 Å². The third-order valence-electron chi connectivity index (χ3n) is 5.65. The molecular weight excluding hydrogens is 452 g/mol. The normalized spacial score (nSPS) is 11.0. The Morgan fingerprint density at radius 2 is 1.67 bits per heavy atom. The highest BCUT2D eigenvalue weighted by atomic mass is 16.5. The molecule has 0 spiro atoms. The average molecular weight is 473 g/mol. The van der Waals surface area contributed by atoms with E-state index in [1.54, 1.807) is 22.7 Å². The summed E-state index contributed by atoms with van der Waals surface area (Å²) in [5, 5.41) is 8.67. The van der Waals surface area contributed by atoms with Gasteiger partial charge in [0.15, 0.2) is 11.5 Å². The van der Waals surface area contributed by atoms with E-state index in [1.165, 1.54) is 6.20 Å². The first-order chi connectivity index (χ1) is 17.7. The predicted octanol–water partition coefficient (Wildman–Crippen LogP) is 5.02. The quantitative estimate of drug-likeness (QED) is 0.364. The van der Waals surface area contributed by atoms with Gasteiger partial charge in [0.2, 0.25) is 5.95 Å². The fourth-order valence-corrected chi connectivity index (χ4v) is 3.89. The second-order valence-corrected chi connectivity index (χ2v) is 8.10. The molecular formula is C28H20N6O2. The first kappa shape index (κ1) is 21.4. The van der Waals surface area contributed by atoms with Gasteiger partial charge in [0.1, 0.15) is 18.0 Å². The van der Waals surface area contributed by atoms with E-state index in [1.807, 2.05) is 78.9 Å². The number of nitrogens with zero attached hydrogens (tertiary/aromatic N) is 5. The summed E-state index contributed by atoms with van der Waals surface area (Å²) in [5.74, 6) is 1.60. The van der Waals surface area contributed by atoms with Crippen molar-refractivity contribution in [3.05, 3.63) is 119 Å². The predicted molar refractivity (Wildman–Crippen MR) is 138 cm³/mol. The number of aromatic nitrogens is 5. The molecule has 0 saturated carbocycles. The summed E-state index contributed by atoms with van der Waals surface area (Å²) < 4.78 is 7.61. The van der Waals surface area contributed by atoms with Crippen LogP contribution in [0.2, 0.25) is 0 Å². The minimum absolute atomic E-state index is 0.289. The molecule has 3 aromatic heterocycles. The number of anilines is 2. The smallest absolute Gasteiger partial charge is 0.293 e. The van der Waals surface area contributed by atoms with Gasteiger partial charge in [0.25, 0.3) is 5.56 Å². The standard InChI is InChI=1S/C28H20N6O2/c35-27-24(15-6-7-16-29-27)31-28-30-23-14-5-4-13-22(23)26-32-25(33-34(26)28)20-11-8-12-21(17-20)36-18-19-9-2-1-3-10-19/h1-17H,18H2,(H,29,30,31,35). The van der Waals surface area contributed by atoms with Gasteiger partial charge in [-0.15, -0.1) is 5.10 Å². The fraction of sp³-hybridized carbons (Fsp3) is 0.0357. The van der Waals surface area contributed by atoms with Crippen molar-refractivity contribution in [3.63, 3.8) is 0 Å². The first-order valence-electron chi connectivity index (χ1n) is 11.4. The van der Waals surface area contributed by atoms with E-state index in [4.69, 9.17) is 19.8 Å². The number of ether oxygens (including phenoxy) is 1. The molecule has 1 N–H and O–H groups in total. The fourth-order valence-electron chi connectivity index (χ4n) is 3.89. The van der Waals surface area contributed by atoms with Crippen LogP contribution in [0.25, 0.3) is 27.9 Å². The molecule has 0 aliphatic carbocycles. The number of nitrogens with one attached hydrogen (secondary N) is 1. The van der Waals surface area contributed by atoms with Crippen LogP contribution in [0.1, 0.15) is 5.56 Å². The Bertz CT molecular complexity index is 1750. The second kappa shape index (κ2) is 9.27. The molecule has 0 fully saturated rings. The van der Waals surface area contributed by atoms with Crippen LogP contribution in [0.5, 0.6) is 5.75 Å². The summed E-state index contributed by atoms with van der Waals surface area (Å²) in [6.45, 7) is 0.464. The number of hydrogen-bond donors (Lipinski definition) is 1. The molecule has 0 aliphatic rings. The van der Waals surface area contributed by atoms with E-state index in [0.29, 0.717) is 24.0 Å². The monoisotopic (exact) mass is 472 g/mol. The molecule has 0 bridgehead atoms. The van der Waals surface area contributed by atoms with E-state index >= 15 is 0 Å². The van der Waals surface area contributed by atoms with Gasteiger partial charge in [0.05, 0.1) is 5.52 Å². The van der Waals surface area contributed by atoms with Crippen molar-refractivity contribution in [3.8, 4) is 17.1 Å². The van der Waals surface area contributed by atoms with Crippen LogP contribution >= 0.6 is 0 Å². The molecule has 36 heavy (non-hydrogen) atoms. The summed E-state index contributed by atoms with van der Waals surface area (Å²) in [4.78, 5) is 25.8. The van der Waals surface area contributed by atoms with Crippen molar-refractivity contribution in [2.45, 2.75) is 6.61 Å². The first-order valence-corrected chi connectivity index (χ1v) is 11.4. The van der Waals surface area contributed by atoms with Gasteiger partial charge in [-0.25, -0.2) is 15.0 Å². The summed E-state index contributed by atoms with van der Waals surface area (Å²) in [6, 6.07) is 30.4. The van der Waals surface area contributed by atoms with Crippen LogP contribution in [0.3, 0.4) is 0 Å². The third-order valence-corrected chi connectivity index (χ3v) is 5.65. The van der Waals surface area contributed by atoms with E-state index in [-0.39, 0.29) is 5.69 Å². The van der Waals surface area contributed by atoms with Crippen LogP contribution in [0, 0.1) is 0 Å². The Labute approximate surface area is 205 Å². The zero-order valence-electron chi connectivity index (χ0n) is 19.1. The Morgan fingerprint density at radius 1 is 0.833 bits per heavy atom. The second-order valence-electron chi connectivity index (χ2n) is 8.10. The van der Waals surface area contributed by atoms with Gasteiger partial charge in [-0.2, -0.15) is 4.52 Å². The van der Waals surface area contributed by atoms with Crippen LogP contribution in [-0.4, -0.2) is 24.6 Å². The highest BCUT2D eigenvalue weighted by Crippen LogP contribution is 2.27. The molecule has 174 valence electrons. The van der Waals surface area contributed by atoms with Gasteiger partial charge in [-0.3, -0.25) is 4.79 Å². The lowest BCUT2D eigenvalue weighted by Crippen LogP contribution is -2.11. The number of para-hydroxylation sites is 1. The van der Waals surface area contributed by atoms with Crippen LogP contribution in [0.4, 0.5) is 11.6 Å². The maximum absolute atomic E-state index is 12.4. The summed E-state index contributed by atoms with van der Waals surface area (Å²) in [6.07, 6.45) is 1.46. The summed E-state index contributed by atoms with van der Waals surface area (Å²) >= 11 is 0. The molecule has 0 amide bonds. The zero-order chi connectivity index (χ0) is 24.3.